The third kappa shape index (κ3) is 5.51. The summed E-state index contributed by atoms with van der Waals surface area (Å²) in [6, 6.07) is 22.4. The molecule has 0 aliphatic carbocycles. The van der Waals surface area contributed by atoms with E-state index in [0.717, 1.165) is 22.3 Å². The molecule has 0 aliphatic rings. The van der Waals surface area contributed by atoms with E-state index in [1.807, 2.05) is 48.2 Å². The van der Waals surface area contributed by atoms with Crippen LogP contribution in [0.4, 0.5) is 0 Å². The van der Waals surface area contributed by atoms with Crippen LogP contribution in [-0.4, -0.2) is 24.3 Å². The summed E-state index contributed by atoms with van der Waals surface area (Å²) in [6.45, 7) is 4.55. The second-order valence-electron chi connectivity index (χ2n) is 6.54. The van der Waals surface area contributed by atoms with Gasteiger partial charge in [0.25, 0.3) is 5.91 Å². The van der Waals surface area contributed by atoms with Gasteiger partial charge in [-0.2, -0.15) is 11.8 Å². The molecule has 0 fully saturated rings. The fourth-order valence-corrected chi connectivity index (χ4v) is 3.78. The van der Waals surface area contributed by atoms with Crippen molar-refractivity contribution in [1.82, 2.24) is 5.32 Å². The van der Waals surface area contributed by atoms with Gasteiger partial charge in [0.05, 0.1) is 0 Å². The normalized spacial score (nSPS) is 11.9. The number of benzene rings is 3. The van der Waals surface area contributed by atoms with Crippen LogP contribution in [0.3, 0.4) is 0 Å². The number of fused-ring (bicyclic) bond motifs is 1. The molecule has 3 rings (SSSR count). The van der Waals surface area contributed by atoms with Crippen LogP contribution in [0, 0.1) is 6.92 Å². The van der Waals surface area contributed by atoms with Crippen LogP contribution in [0.2, 0.25) is 0 Å². The van der Waals surface area contributed by atoms with E-state index in [4.69, 9.17) is 4.74 Å². The molecule has 0 aliphatic heterocycles. The number of hydrogen-bond acceptors (Lipinski definition) is 3. The number of carbonyl (C=O) groups excluding carboxylic acids is 1. The summed E-state index contributed by atoms with van der Waals surface area (Å²) in [7, 11) is 0. The molecule has 3 nitrogen and oxygen atoms in total. The molecule has 0 heterocycles. The van der Waals surface area contributed by atoms with E-state index in [0.29, 0.717) is 12.3 Å². The highest BCUT2D eigenvalue weighted by Gasteiger charge is 2.14. The Kier molecular flexibility index (Phi) is 6.77. The summed E-state index contributed by atoms with van der Waals surface area (Å²) in [5.41, 5.74) is 2.66. The van der Waals surface area contributed by atoms with Gasteiger partial charge in [-0.25, -0.2) is 0 Å². The van der Waals surface area contributed by atoms with E-state index in [9.17, 15) is 4.79 Å². The summed E-state index contributed by atoms with van der Waals surface area (Å²) >= 11 is 1.82. The first kappa shape index (κ1) is 19.3. The lowest BCUT2D eigenvalue weighted by Gasteiger charge is -2.15. The van der Waals surface area contributed by atoms with Gasteiger partial charge in [0.2, 0.25) is 0 Å². The minimum Gasteiger partial charge on any atom is -0.481 e. The number of nitrogens with one attached hydrogen (secondary N) is 1. The molecule has 1 atom stereocenters. The molecule has 0 saturated heterocycles. The number of ether oxygens (including phenoxy) is 1. The Morgan fingerprint density at radius 1 is 1.04 bits per heavy atom. The average molecular weight is 380 g/mol. The van der Waals surface area contributed by atoms with Gasteiger partial charge < -0.3 is 10.1 Å². The van der Waals surface area contributed by atoms with Crippen molar-refractivity contribution in [2.24, 2.45) is 0 Å². The van der Waals surface area contributed by atoms with Crippen LogP contribution in [0.1, 0.15) is 18.1 Å². The molecular formula is C23H25NO2S. The lowest BCUT2D eigenvalue weighted by molar-refractivity contribution is -0.127. The van der Waals surface area contributed by atoms with Crippen molar-refractivity contribution < 1.29 is 9.53 Å². The van der Waals surface area contributed by atoms with Crippen molar-refractivity contribution in [3.05, 3.63) is 77.9 Å². The molecule has 0 saturated carbocycles. The number of thioether (sulfide) groups is 1. The highest BCUT2D eigenvalue weighted by Crippen LogP contribution is 2.21. The highest BCUT2D eigenvalue weighted by atomic mass is 32.2. The van der Waals surface area contributed by atoms with Crippen molar-refractivity contribution in [2.45, 2.75) is 25.7 Å². The molecule has 4 heteroatoms. The minimum atomic E-state index is -0.521. The van der Waals surface area contributed by atoms with E-state index >= 15 is 0 Å². The topological polar surface area (TPSA) is 38.3 Å². The monoisotopic (exact) mass is 379 g/mol. The van der Waals surface area contributed by atoms with Crippen molar-refractivity contribution in [2.75, 3.05) is 12.3 Å². The average Bonchev–Trinajstić information content (AvgIpc) is 2.68. The van der Waals surface area contributed by atoms with Crippen LogP contribution in [0.5, 0.6) is 5.75 Å². The molecular weight excluding hydrogens is 354 g/mol. The van der Waals surface area contributed by atoms with Gasteiger partial charge in [-0.3, -0.25) is 4.79 Å². The predicted molar refractivity (Wildman–Crippen MR) is 114 cm³/mol. The zero-order valence-electron chi connectivity index (χ0n) is 15.8. The first-order valence-electron chi connectivity index (χ1n) is 9.19. The fraction of sp³-hybridized carbons (Fsp3) is 0.261. The second-order valence-corrected chi connectivity index (χ2v) is 7.64. The molecule has 0 radical (unpaired) electrons. The number of amides is 1. The molecule has 0 aromatic heterocycles. The Morgan fingerprint density at radius 2 is 1.78 bits per heavy atom. The molecule has 1 amide bonds. The molecule has 3 aromatic rings. The Hall–Kier alpha value is -2.46. The highest BCUT2D eigenvalue weighted by molar-refractivity contribution is 7.98. The van der Waals surface area contributed by atoms with Crippen molar-refractivity contribution in [3.63, 3.8) is 0 Å². The maximum absolute atomic E-state index is 12.3. The summed E-state index contributed by atoms with van der Waals surface area (Å²) < 4.78 is 5.81. The Morgan fingerprint density at radius 3 is 2.59 bits per heavy atom. The van der Waals surface area contributed by atoms with Crippen molar-refractivity contribution in [3.8, 4) is 5.75 Å². The minimum absolute atomic E-state index is 0.0837. The third-order valence-corrected chi connectivity index (χ3v) is 5.48. The number of hydrogen-bond donors (Lipinski definition) is 1. The van der Waals surface area contributed by atoms with Crippen LogP contribution >= 0.6 is 11.8 Å². The molecule has 0 unspecified atom stereocenters. The Labute approximate surface area is 165 Å². The van der Waals surface area contributed by atoms with Gasteiger partial charge in [0.15, 0.2) is 6.10 Å². The van der Waals surface area contributed by atoms with E-state index in [1.165, 1.54) is 11.1 Å². The molecule has 27 heavy (non-hydrogen) atoms. The van der Waals surface area contributed by atoms with Gasteiger partial charge >= 0.3 is 0 Å². The third-order valence-electron chi connectivity index (χ3n) is 4.47. The summed E-state index contributed by atoms with van der Waals surface area (Å²) in [5, 5.41) is 5.22. The van der Waals surface area contributed by atoms with Crippen molar-refractivity contribution in [1.29, 1.82) is 0 Å². The van der Waals surface area contributed by atoms with E-state index in [2.05, 4.69) is 42.6 Å². The zero-order valence-corrected chi connectivity index (χ0v) is 16.6. The molecule has 140 valence electrons. The molecule has 0 spiro atoms. The quantitative estimate of drug-likeness (QED) is 0.562. The number of aryl methyl sites for hydroxylation is 1. The van der Waals surface area contributed by atoms with Gasteiger partial charge in [-0.1, -0.05) is 54.6 Å². The van der Waals surface area contributed by atoms with Crippen LogP contribution in [0.25, 0.3) is 10.8 Å². The lowest BCUT2D eigenvalue weighted by Crippen LogP contribution is -2.37. The maximum atomic E-state index is 12.3. The van der Waals surface area contributed by atoms with Gasteiger partial charge in [-0.15, -0.1) is 0 Å². The Bertz CT molecular complexity index is 910. The standard InChI is InChI=1S/C23H25NO2S/c1-17-7-3-4-10-21(17)16-27-14-13-24-23(25)18(2)26-22-12-11-19-8-5-6-9-20(19)15-22/h3-12,15,18H,13-14,16H2,1-2H3,(H,24,25)/t18-/m0/s1. The van der Waals surface area contributed by atoms with Gasteiger partial charge in [-0.05, 0) is 47.9 Å². The number of carbonyl (C=O) groups is 1. The lowest BCUT2D eigenvalue weighted by atomic mass is 10.1. The van der Waals surface area contributed by atoms with Crippen molar-refractivity contribution >= 4 is 28.4 Å². The second kappa shape index (κ2) is 9.47. The van der Waals surface area contributed by atoms with Crippen LogP contribution < -0.4 is 10.1 Å². The smallest absolute Gasteiger partial charge is 0.260 e. The maximum Gasteiger partial charge on any atom is 0.260 e. The van der Waals surface area contributed by atoms with E-state index < -0.39 is 6.10 Å². The first-order valence-corrected chi connectivity index (χ1v) is 10.3. The van der Waals surface area contributed by atoms with E-state index in [-0.39, 0.29) is 5.91 Å². The first-order chi connectivity index (χ1) is 13.1. The molecule has 1 N–H and O–H groups in total. The summed E-state index contributed by atoms with van der Waals surface area (Å²) in [5.74, 6) is 2.47. The van der Waals surface area contributed by atoms with Crippen LogP contribution in [-0.2, 0) is 10.5 Å². The van der Waals surface area contributed by atoms with E-state index in [1.54, 1.807) is 6.92 Å². The Balaban J connectivity index is 1.41. The zero-order chi connectivity index (χ0) is 19.1. The van der Waals surface area contributed by atoms with Gasteiger partial charge in [0, 0.05) is 18.1 Å². The molecule has 0 bridgehead atoms. The fourth-order valence-electron chi connectivity index (χ4n) is 2.84. The van der Waals surface area contributed by atoms with Crippen LogP contribution in [0.15, 0.2) is 66.7 Å². The largest absolute Gasteiger partial charge is 0.481 e. The molecule has 3 aromatic carbocycles. The number of rotatable bonds is 8. The summed E-state index contributed by atoms with van der Waals surface area (Å²) in [4.78, 5) is 12.3. The predicted octanol–water partition coefficient (Wildman–Crippen LogP) is 4.97. The summed E-state index contributed by atoms with van der Waals surface area (Å²) in [6.07, 6.45) is -0.521. The van der Waals surface area contributed by atoms with Gasteiger partial charge in [0.1, 0.15) is 5.75 Å². The SMILES string of the molecule is Cc1ccccc1CSCCNC(=O)[C@H](C)Oc1ccc2ccccc2c1.